The van der Waals surface area contributed by atoms with Crippen LogP contribution in [0.25, 0.3) is 0 Å². The van der Waals surface area contributed by atoms with Gasteiger partial charge in [0.05, 0.1) is 18.6 Å². The molecular weight excluding hydrogens is 192 g/mol. The number of nitrogens with zero attached hydrogens (tertiary/aromatic N) is 2. The Morgan fingerprint density at radius 3 is 2.33 bits per heavy atom. The average Bonchev–Trinajstić information content (AvgIpc) is 2.24. The Kier molecular flexibility index (Phi) is 6.67. The summed E-state index contributed by atoms with van der Waals surface area (Å²) in [6, 6.07) is 3.90. The highest BCUT2D eigenvalue weighted by atomic mass is 16.5. The lowest BCUT2D eigenvalue weighted by Crippen LogP contribution is -2.08. The molecule has 0 spiro atoms. The van der Waals surface area contributed by atoms with Gasteiger partial charge in [0.1, 0.15) is 6.61 Å². The Morgan fingerprint density at radius 2 is 1.80 bits per heavy atom. The first kappa shape index (κ1) is 13.2. The van der Waals surface area contributed by atoms with Crippen molar-refractivity contribution < 1.29 is 9.53 Å². The summed E-state index contributed by atoms with van der Waals surface area (Å²) in [6.45, 7) is 3.60. The predicted molar refractivity (Wildman–Crippen MR) is 54.4 cm³/mol. The number of nitriles is 2. The van der Waals surface area contributed by atoms with Crippen LogP contribution in [0.1, 0.15) is 33.1 Å². The summed E-state index contributed by atoms with van der Waals surface area (Å²) in [5, 5.41) is 16.6. The standard InChI is InChI=1S/C11H14N2O2/c1-9(5-3-6-12)10(2)11(14)15-8-4-7-13/h3-5,8H2,1-2H3. The fourth-order valence-electron chi connectivity index (χ4n) is 0.903. The first-order chi connectivity index (χ1) is 7.13. The van der Waals surface area contributed by atoms with Gasteiger partial charge in [-0.25, -0.2) is 4.79 Å². The summed E-state index contributed by atoms with van der Waals surface area (Å²) in [6.07, 6.45) is 1.18. The minimum Gasteiger partial charge on any atom is -0.461 e. The molecule has 0 aliphatic rings. The Morgan fingerprint density at radius 1 is 1.20 bits per heavy atom. The molecule has 0 saturated carbocycles. The molecule has 0 aromatic rings. The third-order valence-corrected chi connectivity index (χ3v) is 2.01. The van der Waals surface area contributed by atoms with Gasteiger partial charge in [-0.15, -0.1) is 0 Å². The van der Waals surface area contributed by atoms with Crippen LogP contribution in [-0.4, -0.2) is 12.6 Å². The van der Waals surface area contributed by atoms with Crippen LogP contribution in [0.15, 0.2) is 11.1 Å². The van der Waals surface area contributed by atoms with E-state index in [1.54, 1.807) is 13.8 Å². The van der Waals surface area contributed by atoms with Gasteiger partial charge in [0.25, 0.3) is 0 Å². The van der Waals surface area contributed by atoms with Gasteiger partial charge in [-0.2, -0.15) is 10.5 Å². The zero-order chi connectivity index (χ0) is 11.7. The Bertz CT molecular complexity index is 331. The Balaban J connectivity index is 4.18. The van der Waals surface area contributed by atoms with Crippen LogP contribution in [0, 0.1) is 22.7 Å². The summed E-state index contributed by atoms with van der Waals surface area (Å²) in [7, 11) is 0. The summed E-state index contributed by atoms with van der Waals surface area (Å²) in [5.74, 6) is -0.402. The molecule has 80 valence electrons. The second kappa shape index (κ2) is 7.58. The minimum atomic E-state index is -0.402. The average molecular weight is 206 g/mol. The van der Waals surface area contributed by atoms with Gasteiger partial charge in [0, 0.05) is 12.0 Å². The van der Waals surface area contributed by atoms with Gasteiger partial charge in [0.15, 0.2) is 0 Å². The van der Waals surface area contributed by atoms with Gasteiger partial charge < -0.3 is 4.74 Å². The third-order valence-electron chi connectivity index (χ3n) is 2.01. The zero-order valence-electron chi connectivity index (χ0n) is 9.04. The maximum absolute atomic E-state index is 11.4. The fourth-order valence-corrected chi connectivity index (χ4v) is 0.903. The molecule has 4 heteroatoms. The highest BCUT2D eigenvalue weighted by Crippen LogP contribution is 2.11. The topological polar surface area (TPSA) is 73.9 Å². The van der Waals surface area contributed by atoms with Gasteiger partial charge in [-0.1, -0.05) is 5.57 Å². The largest absolute Gasteiger partial charge is 0.461 e. The normalized spacial score (nSPS) is 10.9. The highest BCUT2D eigenvalue weighted by molar-refractivity contribution is 5.88. The van der Waals surface area contributed by atoms with E-state index in [0.29, 0.717) is 18.4 Å². The number of rotatable bonds is 5. The number of esters is 1. The molecule has 0 bridgehead atoms. The van der Waals surface area contributed by atoms with Crippen molar-refractivity contribution in [1.82, 2.24) is 0 Å². The number of carbonyl (C=O) groups is 1. The molecule has 4 nitrogen and oxygen atoms in total. The van der Waals surface area contributed by atoms with Crippen molar-refractivity contribution in [2.24, 2.45) is 0 Å². The van der Waals surface area contributed by atoms with E-state index in [2.05, 4.69) is 0 Å². The van der Waals surface area contributed by atoms with E-state index in [4.69, 9.17) is 15.3 Å². The molecule has 0 saturated heterocycles. The van der Waals surface area contributed by atoms with E-state index < -0.39 is 5.97 Å². The van der Waals surface area contributed by atoms with E-state index >= 15 is 0 Å². The van der Waals surface area contributed by atoms with E-state index in [-0.39, 0.29) is 13.0 Å². The van der Waals surface area contributed by atoms with Crippen LogP contribution in [0.2, 0.25) is 0 Å². The van der Waals surface area contributed by atoms with E-state index in [1.807, 2.05) is 12.1 Å². The summed E-state index contributed by atoms with van der Waals surface area (Å²) in [5.41, 5.74) is 1.39. The van der Waals surface area contributed by atoms with Crippen molar-refractivity contribution in [2.75, 3.05) is 6.61 Å². The van der Waals surface area contributed by atoms with Crippen molar-refractivity contribution in [3.8, 4) is 12.1 Å². The summed E-state index contributed by atoms with van der Waals surface area (Å²) < 4.78 is 4.84. The van der Waals surface area contributed by atoms with Gasteiger partial charge >= 0.3 is 5.97 Å². The SMILES string of the molecule is CC(CCC#N)=C(C)C(=O)OCCC#N. The minimum absolute atomic E-state index is 0.123. The molecule has 0 radical (unpaired) electrons. The van der Waals surface area contributed by atoms with Crippen molar-refractivity contribution in [3.63, 3.8) is 0 Å². The van der Waals surface area contributed by atoms with Crippen LogP contribution in [0.5, 0.6) is 0 Å². The maximum atomic E-state index is 11.4. The van der Waals surface area contributed by atoms with Crippen LogP contribution in [0.3, 0.4) is 0 Å². The number of allylic oxidation sites excluding steroid dienone is 1. The second-order valence-corrected chi connectivity index (χ2v) is 3.11. The van der Waals surface area contributed by atoms with E-state index in [1.165, 1.54) is 0 Å². The third kappa shape index (κ3) is 5.49. The van der Waals surface area contributed by atoms with Crippen LogP contribution >= 0.6 is 0 Å². The van der Waals surface area contributed by atoms with Gasteiger partial charge in [-0.3, -0.25) is 0 Å². The number of hydrogen-bond donors (Lipinski definition) is 0. The van der Waals surface area contributed by atoms with E-state index in [9.17, 15) is 4.79 Å². The predicted octanol–water partition coefficient (Wildman–Crippen LogP) is 2.08. The number of hydrogen-bond acceptors (Lipinski definition) is 4. The van der Waals surface area contributed by atoms with Crippen molar-refractivity contribution in [2.45, 2.75) is 33.1 Å². The molecule has 0 heterocycles. The molecule has 0 aromatic heterocycles. The summed E-state index contributed by atoms with van der Waals surface area (Å²) in [4.78, 5) is 11.4. The molecule has 0 amide bonds. The van der Waals surface area contributed by atoms with E-state index in [0.717, 1.165) is 5.57 Å². The molecule has 0 atom stereocenters. The Hall–Kier alpha value is -1.81. The van der Waals surface area contributed by atoms with Crippen LogP contribution in [-0.2, 0) is 9.53 Å². The highest BCUT2D eigenvalue weighted by Gasteiger charge is 2.08. The van der Waals surface area contributed by atoms with Crippen molar-refractivity contribution in [3.05, 3.63) is 11.1 Å². The van der Waals surface area contributed by atoms with Gasteiger partial charge in [0.2, 0.25) is 0 Å². The molecule has 15 heavy (non-hydrogen) atoms. The van der Waals surface area contributed by atoms with Crippen molar-refractivity contribution >= 4 is 5.97 Å². The van der Waals surface area contributed by atoms with Crippen LogP contribution in [0.4, 0.5) is 0 Å². The van der Waals surface area contributed by atoms with Crippen molar-refractivity contribution in [1.29, 1.82) is 10.5 Å². The lowest BCUT2D eigenvalue weighted by atomic mass is 10.1. The number of ether oxygens (including phenoxy) is 1. The summed E-state index contributed by atoms with van der Waals surface area (Å²) >= 11 is 0. The lowest BCUT2D eigenvalue weighted by Gasteiger charge is -2.05. The zero-order valence-corrected chi connectivity index (χ0v) is 9.04. The molecule has 0 fully saturated rings. The smallest absolute Gasteiger partial charge is 0.333 e. The monoisotopic (exact) mass is 206 g/mol. The molecule has 0 aromatic carbocycles. The molecule has 0 unspecified atom stereocenters. The number of carbonyl (C=O) groups excluding carboxylic acids is 1. The molecule has 0 rings (SSSR count). The first-order valence-corrected chi connectivity index (χ1v) is 4.70. The molecule has 0 N–H and O–H groups in total. The molecular formula is C11H14N2O2. The lowest BCUT2D eigenvalue weighted by molar-refractivity contribution is -0.138. The second-order valence-electron chi connectivity index (χ2n) is 3.11. The quantitative estimate of drug-likeness (QED) is 0.392. The molecule has 0 aliphatic carbocycles. The van der Waals surface area contributed by atoms with Crippen LogP contribution < -0.4 is 0 Å². The maximum Gasteiger partial charge on any atom is 0.333 e. The molecule has 0 aliphatic heterocycles. The fraction of sp³-hybridized carbons (Fsp3) is 0.545. The van der Waals surface area contributed by atoms with Gasteiger partial charge in [-0.05, 0) is 20.3 Å². The first-order valence-electron chi connectivity index (χ1n) is 4.70. The Labute approximate surface area is 89.8 Å².